The lowest BCUT2D eigenvalue weighted by Crippen LogP contribution is -2.39. The SMILES string of the molecule is CCC(=O)N1CCC(O)CC1. The van der Waals surface area contributed by atoms with Crippen LogP contribution in [-0.4, -0.2) is 35.1 Å². The number of hydrogen-bond donors (Lipinski definition) is 1. The highest BCUT2D eigenvalue weighted by Gasteiger charge is 2.19. The van der Waals surface area contributed by atoms with Crippen molar-refractivity contribution in [2.24, 2.45) is 0 Å². The first-order valence-electron chi connectivity index (χ1n) is 4.20. The number of hydrogen-bond acceptors (Lipinski definition) is 2. The second-order valence-corrected chi connectivity index (χ2v) is 2.97. The first-order chi connectivity index (χ1) is 5.24. The van der Waals surface area contributed by atoms with Crippen molar-refractivity contribution < 1.29 is 9.90 Å². The number of likely N-dealkylation sites (tertiary alicyclic amines) is 1. The summed E-state index contributed by atoms with van der Waals surface area (Å²) in [6.07, 6.45) is 1.88. The molecule has 1 rings (SSSR count). The van der Waals surface area contributed by atoms with Gasteiger partial charge in [0.25, 0.3) is 0 Å². The average molecular weight is 157 g/mol. The number of nitrogens with zero attached hydrogens (tertiary/aromatic N) is 1. The van der Waals surface area contributed by atoms with E-state index in [2.05, 4.69) is 0 Å². The predicted molar refractivity (Wildman–Crippen MR) is 42.1 cm³/mol. The number of rotatable bonds is 1. The minimum atomic E-state index is -0.184. The first-order valence-corrected chi connectivity index (χ1v) is 4.20. The molecule has 1 aliphatic rings. The Balaban J connectivity index is 2.33. The van der Waals surface area contributed by atoms with Gasteiger partial charge in [-0.15, -0.1) is 0 Å². The van der Waals surface area contributed by atoms with E-state index in [-0.39, 0.29) is 12.0 Å². The van der Waals surface area contributed by atoms with Crippen LogP contribution in [0.1, 0.15) is 26.2 Å². The van der Waals surface area contributed by atoms with Crippen molar-refractivity contribution >= 4 is 5.91 Å². The molecule has 0 radical (unpaired) electrons. The van der Waals surface area contributed by atoms with E-state index in [9.17, 15) is 4.79 Å². The zero-order valence-electron chi connectivity index (χ0n) is 6.92. The molecule has 3 nitrogen and oxygen atoms in total. The number of amides is 1. The van der Waals surface area contributed by atoms with Crippen molar-refractivity contribution in [2.45, 2.75) is 32.3 Å². The molecule has 1 amide bonds. The van der Waals surface area contributed by atoms with E-state index in [0.29, 0.717) is 6.42 Å². The molecule has 0 aromatic carbocycles. The van der Waals surface area contributed by atoms with Gasteiger partial charge >= 0.3 is 0 Å². The largest absolute Gasteiger partial charge is 0.393 e. The Kier molecular flexibility index (Phi) is 2.88. The third kappa shape index (κ3) is 2.19. The van der Waals surface area contributed by atoms with Crippen molar-refractivity contribution in [3.63, 3.8) is 0 Å². The van der Waals surface area contributed by atoms with Crippen LogP contribution in [0.5, 0.6) is 0 Å². The van der Waals surface area contributed by atoms with Gasteiger partial charge in [-0.2, -0.15) is 0 Å². The summed E-state index contributed by atoms with van der Waals surface area (Å²) in [7, 11) is 0. The summed E-state index contributed by atoms with van der Waals surface area (Å²) >= 11 is 0. The molecule has 0 aliphatic carbocycles. The maximum atomic E-state index is 11.1. The molecule has 0 aromatic heterocycles. The molecule has 0 spiro atoms. The Labute approximate surface area is 67.0 Å². The normalized spacial score (nSPS) is 20.4. The molecule has 0 saturated carbocycles. The maximum Gasteiger partial charge on any atom is 0.222 e. The smallest absolute Gasteiger partial charge is 0.222 e. The summed E-state index contributed by atoms with van der Waals surface area (Å²) in [5.41, 5.74) is 0. The van der Waals surface area contributed by atoms with Gasteiger partial charge in [-0.05, 0) is 12.8 Å². The Bertz CT molecular complexity index is 139. The van der Waals surface area contributed by atoms with Crippen LogP contribution in [0, 0.1) is 0 Å². The predicted octanol–water partition coefficient (Wildman–Crippen LogP) is 0.380. The Hall–Kier alpha value is -0.570. The molecule has 3 heteroatoms. The minimum Gasteiger partial charge on any atom is -0.393 e. The van der Waals surface area contributed by atoms with Crippen LogP contribution in [0.3, 0.4) is 0 Å². The van der Waals surface area contributed by atoms with Crippen LogP contribution in [0.15, 0.2) is 0 Å². The fourth-order valence-corrected chi connectivity index (χ4v) is 1.34. The summed E-state index contributed by atoms with van der Waals surface area (Å²) in [4.78, 5) is 12.9. The highest BCUT2D eigenvalue weighted by molar-refractivity contribution is 5.75. The molecule has 0 unspecified atom stereocenters. The topological polar surface area (TPSA) is 40.5 Å². The summed E-state index contributed by atoms with van der Waals surface area (Å²) in [5.74, 6) is 0.205. The van der Waals surface area contributed by atoms with Crippen molar-refractivity contribution in [2.75, 3.05) is 13.1 Å². The highest BCUT2D eigenvalue weighted by atomic mass is 16.3. The number of aliphatic hydroxyl groups is 1. The van der Waals surface area contributed by atoms with E-state index < -0.39 is 0 Å². The van der Waals surface area contributed by atoms with Crippen LogP contribution in [0.4, 0.5) is 0 Å². The van der Waals surface area contributed by atoms with Crippen molar-refractivity contribution in [3.05, 3.63) is 0 Å². The second-order valence-electron chi connectivity index (χ2n) is 2.97. The molecule has 0 atom stereocenters. The monoisotopic (exact) mass is 157 g/mol. The van der Waals surface area contributed by atoms with Gasteiger partial charge in [-0.25, -0.2) is 0 Å². The van der Waals surface area contributed by atoms with Gasteiger partial charge in [-0.3, -0.25) is 4.79 Å². The molecule has 1 fully saturated rings. The van der Waals surface area contributed by atoms with Gasteiger partial charge in [-0.1, -0.05) is 6.92 Å². The van der Waals surface area contributed by atoms with Crippen molar-refractivity contribution in [1.29, 1.82) is 0 Å². The standard InChI is InChI=1S/C8H15NO2/c1-2-8(11)9-5-3-7(10)4-6-9/h7,10H,2-6H2,1H3. The molecule has 1 saturated heterocycles. The van der Waals surface area contributed by atoms with Gasteiger partial charge in [0.15, 0.2) is 0 Å². The Morgan fingerprint density at radius 1 is 1.55 bits per heavy atom. The van der Waals surface area contributed by atoms with Crippen LogP contribution in [0.2, 0.25) is 0 Å². The average Bonchev–Trinajstić information content (AvgIpc) is 2.05. The van der Waals surface area contributed by atoms with Gasteiger partial charge < -0.3 is 10.0 Å². The van der Waals surface area contributed by atoms with E-state index in [0.717, 1.165) is 25.9 Å². The third-order valence-corrected chi connectivity index (χ3v) is 2.12. The number of piperidine rings is 1. The molecule has 1 aliphatic heterocycles. The number of aliphatic hydroxyl groups excluding tert-OH is 1. The molecule has 1 heterocycles. The maximum absolute atomic E-state index is 11.1. The zero-order valence-corrected chi connectivity index (χ0v) is 6.92. The third-order valence-electron chi connectivity index (χ3n) is 2.12. The van der Waals surface area contributed by atoms with E-state index in [1.807, 2.05) is 11.8 Å². The molecular weight excluding hydrogens is 142 g/mol. The van der Waals surface area contributed by atoms with Crippen molar-refractivity contribution in [3.8, 4) is 0 Å². The Morgan fingerprint density at radius 3 is 2.55 bits per heavy atom. The van der Waals surface area contributed by atoms with Crippen LogP contribution < -0.4 is 0 Å². The van der Waals surface area contributed by atoms with E-state index in [1.54, 1.807) is 0 Å². The molecule has 0 bridgehead atoms. The summed E-state index contributed by atoms with van der Waals surface area (Å²) < 4.78 is 0. The lowest BCUT2D eigenvalue weighted by molar-refractivity contribution is -0.132. The first kappa shape index (κ1) is 8.53. The second kappa shape index (κ2) is 3.72. The van der Waals surface area contributed by atoms with E-state index in [4.69, 9.17) is 5.11 Å². The summed E-state index contributed by atoms with van der Waals surface area (Å²) in [5, 5.41) is 9.14. The number of carbonyl (C=O) groups excluding carboxylic acids is 1. The van der Waals surface area contributed by atoms with E-state index >= 15 is 0 Å². The summed E-state index contributed by atoms with van der Waals surface area (Å²) in [6, 6.07) is 0. The minimum absolute atomic E-state index is 0.184. The number of carbonyl (C=O) groups is 1. The van der Waals surface area contributed by atoms with E-state index in [1.165, 1.54) is 0 Å². The quantitative estimate of drug-likeness (QED) is 0.597. The molecule has 1 N–H and O–H groups in total. The lowest BCUT2D eigenvalue weighted by Gasteiger charge is -2.29. The summed E-state index contributed by atoms with van der Waals surface area (Å²) in [6.45, 7) is 3.33. The van der Waals surface area contributed by atoms with Crippen LogP contribution in [0.25, 0.3) is 0 Å². The molecular formula is C8H15NO2. The fourth-order valence-electron chi connectivity index (χ4n) is 1.34. The van der Waals surface area contributed by atoms with Gasteiger partial charge in [0.1, 0.15) is 0 Å². The van der Waals surface area contributed by atoms with Gasteiger partial charge in [0, 0.05) is 19.5 Å². The zero-order chi connectivity index (χ0) is 8.27. The lowest BCUT2D eigenvalue weighted by atomic mass is 10.1. The van der Waals surface area contributed by atoms with Crippen molar-refractivity contribution in [1.82, 2.24) is 4.90 Å². The van der Waals surface area contributed by atoms with Gasteiger partial charge in [0.2, 0.25) is 5.91 Å². The van der Waals surface area contributed by atoms with Crippen LogP contribution >= 0.6 is 0 Å². The Morgan fingerprint density at radius 2 is 2.09 bits per heavy atom. The van der Waals surface area contributed by atoms with Crippen LogP contribution in [-0.2, 0) is 4.79 Å². The molecule has 11 heavy (non-hydrogen) atoms. The highest BCUT2D eigenvalue weighted by Crippen LogP contribution is 2.10. The fraction of sp³-hybridized carbons (Fsp3) is 0.875. The molecule has 64 valence electrons. The molecule has 0 aromatic rings. The van der Waals surface area contributed by atoms with Gasteiger partial charge in [0.05, 0.1) is 6.10 Å².